The second-order valence-electron chi connectivity index (χ2n) is 4.69. The first-order valence-corrected chi connectivity index (χ1v) is 6.98. The fraction of sp³-hybridized carbons (Fsp3) is 1.00. The molecule has 0 amide bonds. The molecule has 1 heterocycles. The summed E-state index contributed by atoms with van der Waals surface area (Å²) in [4.78, 5) is 9.93. The lowest BCUT2D eigenvalue weighted by molar-refractivity contribution is -0.0516. The average molecular weight is 246 g/mol. The molecule has 3 unspecified atom stereocenters. The van der Waals surface area contributed by atoms with E-state index in [9.17, 15) is 9.46 Å². The summed E-state index contributed by atoms with van der Waals surface area (Å²) in [6.45, 7) is 4.75. The van der Waals surface area contributed by atoms with E-state index in [1.165, 1.54) is 9.34 Å². The molecule has 2 radical (unpaired) electrons. The molecule has 16 heavy (non-hydrogen) atoms. The van der Waals surface area contributed by atoms with Crippen molar-refractivity contribution in [2.24, 2.45) is 5.92 Å². The van der Waals surface area contributed by atoms with Crippen LogP contribution < -0.4 is 0 Å². The average Bonchev–Trinajstić information content (AvgIpc) is 2.16. The van der Waals surface area contributed by atoms with Crippen LogP contribution in [-0.4, -0.2) is 61.4 Å². The molecule has 1 aliphatic rings. The fourth-order valence-corrected chi connectivity index (χ4v) is 2.89. The van der Waals surface area contributed by atoms with Gasteiger partial charge in [-0.1, -0.05) is 13.8 Å². The first-order chi connectivity index (χ1) is 7.25. The predicted octanol–water partition coefficient (Wildman–Crippen LogP) is 0.500. The standard InChI is InChI=1S/C9H20BN2O3P/c1-7(2)8-5-12(6-9(10)15-8)16(13,14)11(3)4/h7-9H,5-6H2,1-4H3,(H,13,14). The first-order valence-electron chi connectivity index (χ1n) is 5.42. The van der Waals surface area contributed by atoms with Crippen LogP contribution in [0.4, 0.5) is 0 Å². The highest BCUT2D eigenvalue weighted by atomic mass is 31.2. The Hall–Kier alpha value is 0.135. The molecule has 1 rings (SSSR count). The highest BCUT2D eigenvalue weighted by Gasteiger charge is 2.38. The molecule has 1 fully saturated rings. The van der Waals surface area contributed by atoms with E-state index in [1.54, 1.807) is 14.1 Å². The molecular formula is C9H20BN2O3P. The van der Waals surface area contributed by atoms with E-state index in [0.29, 0.717) is 6.54 Å². The zero-order valence-corrected chi connectivity index (χ0v) is 11.2. The van der Waals surface area contributed by atoms with Crippen molar-refractivity contribution in [2.45, 2.75) is 26.0 Å². The molecule has 1 aliphatic heterocycles. The van der Waals surface area contributed by atoms with Gasteiger partial charge in [0.2, 0.25) is 0 Å². The van der Waals surface area contributed by atoms with E-state index in [-0.39, 0.29) is 18.6 Å². The van der Waals surface area contributed by atoms with Crippen molar-refractivity contribution >= 4 is 15.5 Å². The maximum atomic E-state index is 12.1. The van der Waals surface area contributed by atoms with E-state index in [2.05, 4.69) is 0 Å². The summed E-state index contributed by atoms with van der Waals surface area (Å²) in [6.07, 6.45) is -0.0934. The van der Waals surface area contributed by atoms with Crippen molar-refractivity contribution in [3.8, 4) is 0 Å². The summed E-state index contributed by atoms with van der Waals surface area (Å²) in [5.41, 5.74) is 0. The minimum atomic E-state index is -3.45. The third kappa shape index (κ3) is 3.08. The van der Waals surface area contributed by atoms with Gasteiger partial charge in [0.25, 0.3) is 0 Å². The van der Waals surface area contributed by atoms with Crippen LogP contribution in [0.15, 0.2) is 0 Å². The van der Waals surface area contributed by atoms with Gasteiger partial charge in [-0.3, -0.25) is 4.57 Å². The lowest BCUT2D eigenvalue weighted by atomic mass is 9.96. The fourth-order valence-electron chi connectivity index (χ4n) is 1.63. The molecule has 0 spiro atoms. The summed E-state index contributed by atoms with van der Waals surface area (Å²) in [5, 5.41) is 0. The molecule has 1 saturated heterocycles. The zero-order valence-electron chi connectivity index (χ0n) is 10.3. The van der Waals surface area contributed by atoms with E-state index in [0.717, 1.165) is 0 Å². The third-order valence-corrected chi connectivity index (χ3v) is 4.87. The number of hydrogen-bond donors (Lipinski definition) is 1. The number of rotatable bonds is 3. The zero-order chi connectivity index (χ0) is 12.5. The van der Waals surface area contributed by atoms with Crippen LogP contribution in [0.3, 0.4) is 0 Å². The number of morpholine rings is 1. The smallest absolute Gasteiger partial charge is 0.343 e. The molecule has 92 valence electrons. The lowest BCUT2D eigenvalue weighted by Gasteiger charge is -2.41. The third-order valence-electron chi connectivity index (χ3n) is 2.76. The van der Waals surface area contributed by atoms with E-state index in [1.807, 2.05) is 13.8 Å². The van der Waals surface area contributed by atoms with Crippen LogP contribution in [0.2, 0.25) is 0 Å². The molecule has 0 aromatic rings. The molecule has 0 aliphatic carbocycles. The van der Waals surface area contributed by atoms with Crippen LogP contribution in [0.25, 0.3) is 0 Å². The van der Waals surface area contributed by atoms with Crippen LogP contribution >= 0.6 is 7.67 Å². The summed E-state index contributed by atoms with van der Waals surface area (Å²) in [7, 11) is 5.47. The Kier molecular flexibility index (Phi) is 4.61. The molecule has 0 bridgehead atoms. The molecule has 1 N–H and O–H groups in total. The molecule has 0 aromatic carbocycles. The van der Waals surface area contributed by atoms with Gasteiger partial charge >= 0.3 is 7.67 Å². The molecule has 5 nitrogen and oxygen atoms in total. The molecular weight excluding hydrogens is 226 g/mol. The van der Waals surface area contributed by atoms with Gasteiger partial charge in [-0.15, -0.1) is 0 Å². The van der Waals surface area contributed by atoms with E-state index >= 15 is 0 Å². The summed E-state index contributed by atoms with van der Waals surface area (Å²) >= 11 is 0. The van der Waals surface area contributed by atoms with Gasteiger partial charge in [0.15, 0.2) is 0 Å². The van der Waals surface area contributed by atoms with E-state index in [4.69, 9.17) is 12.6 Å². The molecule has 0 saturated carbocycles. The second kappa shape index (κ2) is 5.19. The Morgan fingerprint density at radius 2 is 2.06 bits per heavy atom. The molecule has 0 aromatic heterocycles. The summed E-state index contributed by atoms with van der Waals surface area (Å²) in [5.74, 6) is 0.274. The number of ether oxygens (including phenoxy) is 1. The van der Waals surface area contributed by atoms with Gasteiger partial charge in [0.05, 0.1) is 6.10 Å². The van der Waals surface area contributed by atoms with Crippen LogP contribution in [-0.2, 0) is 9.30 Å². The Morgan fingerprint density at radius 3 is 2.50 bits per heavy atom. The minimum absolute atomic E-state index is 0.0934. The largest absolute Gasteiger partial charge is 0.382 e. The van der Waals surface area contributed by atoms with Crippen molar-refractivity contribution in [1.82, 2.24) is 9.34 Å². The Labute approximate surface area is 98.7 Å². The maximum Gasteiger partial charge on any atom is 0.343 e. The summed E-state index contributed by atoms with van der Waals surface area (Å²) < 4.78 is 20.5. The normalized spacial score (nSPS) is 31.9. The van der Waals surface area contributed by atoms with Crippen LogP contribution in [0.5, 0.6) is 0 Å². The lowest BCUT2D eigenvalue weighted by Crippen LogP contribution is -2.49. The monoisotopic (exact) mass is 246 g/mol. The molecule has 3 atom stereocenters. The maximum absolute atomic E-state index is 12.1. The van der Waals surface area contributed by atoms with Gasteiger partial charge in [0.1, 0.15) is 7.85 Å². The van der Waals surface area contributed by atoms with Gasteiger partial charge in [-0.05, 0) is 20.0 Å². The second-order valence-corrected chi connectivity index (χ2v) is 7.08. The Morgan fingerprint density at radius 1 is 1.50 bits per heavy atom. The van der Waals surface area contributed by atoms with Gasteiger partial charge in [-0.25, -0.2) is 9.34 Å². The van der Waals surface area contributed by atoms with Crippen molar-refractivity contribution in [3.63, 3.8) is 0 Å². The first kappa shape index (κ1) is 14.2. The van der Waals surface area contributed by atoms with Crippen LogP contribution in [0.1, 0.15) is 13.8 Å². The molecule has 7 heteroatoms. The Balaban J connectivity index is 2.78. The minimum Gasteiger partial charge on any atom is -0.382 e. The summed E-state index contributed by atoms with van der Waals surface area (Å²) in [6, 6.07) is -0.499. The quantitative estimate of drug-likeness (QED) is 0.580. The van der Waals surface area contributed by atoms with Crippen molar-refractivity contribution in [3.05, 3.63) is 0 Å². The van der Waals surface area contributed by atoms with Crippen molar-refractivity contribution < 1.29 is 14.2 Å². The Bertz CT molecular complexity index is 288. The highest BCUT2D eigenvalue weighted by Crippen LogP contribution is 2.48. The van der Waals surface area contributed by atoms with Gasteiger partial charge in [0, 0.05) is 19.1 Å². The highest BCUT2D eigenvalue weighted by molar-refractivity contribution is 7.52. The van der Waals surface area contributed by atoms with Gasteiger partial charge in [-0.2, -0.15) is 0 Å². The number of nitrogens with zero attached hydrogens (tertiary/aromatic N) is 2. The van der Waals surface area contributed by atoms with Crippen LogP contribution in [0, 0.1) is 5.92 Å². The topological polar surface area (TPSA) is 53.0 Å². The number of hydrogen-bond acceptors (Lipinski definition) is 2. The predicted molar refractivity (Wildman–Crippen MR) is 64.3 cm³/mol. The van der Waals surface area contributed by atoms with Gasteiger partial charge < -0.3 is 9.63 Å². The SMILES string of the molecule is [B]C1CN(P(=O)(O)N(C)C)CC(C(C)C)O1. The van der Waals surface area contributed by atoms with Crippen molar-refractivity contribution in [1.29, 1.82) is 0 Å². The van der Waals surface area contributed by atoms with E-state index < -0.39 is 13.7 Å². The van der Waals surface area contributed by atoms with Crippen molar-refractivity contribution in [2.75, 3.05) is 27.2 Å².